The van der Waals surface area contributed by atoms with Crippen molar-refractivity contribution in [1.82, 2.24) is 0 Å². The molecule has 0 nitrogen and oxygen atoms in total. The molecule has 0 fully saturated rings. The Morgan fingerprint density at radius 3 is 1.94 bits per heavy atom. The fourth-order valence-corrected chi connectivity index (χ4v) is 2.37. The summed E-state index contributed by atoms with van der Waals surface area (Å²) >= 11 is 0. The van der Waals surface area contributed by atoms with E-state index in [-0.39, 0.29) is 0 Å². The predicted molar refractivity (Wildman–Crippen MR) is 78.8 cm³/mol. The van der Waals surface area contributed by atoms with Crippen LogP contribution in [0.2, 0.25) is 0 Å². The number of aryl methyl sites for hydroxylation is 1. The second-order valence-corrected chi connectivity index (χ2v) is 5.20. The van der Waals surface area contributed by atoms with E-state index in [2.05, 4.69) is 74.5 Å². The summed E-state index contributed by atoms with van der Waals surface area (Å²) < 4.78 is 0. The summed E-state index contributed by atoms with van der Waals surface area (Å²) in [5.74, 6) is 1.35. The van der Waals surface area contributed by atoms with Crippen LogP contribution in [0.3, 0.4) is 0 Å². The van der Waals surface area contributed by atoms with Gasteiger partial charge in [-0.15, -0.1) is 0 Å². The van der Waals surface area contributed by atoms with Gasteiger partial charge in [0.2, 0.25) is 0 Å². The summed E-state index contributed by atoms with van der Waals surface area (Å²) in [4.78, 5) is 0. The van der Waals surface area contributed by atoms with Gasteiger partial charge in [-0.2, -0.15) is 0 Å². The van der Waals surface area contributed by atoms with Crippen molar-refractivity contribution in [2.45, 2.75) is 32.6 Å². The summed E-state index contributed by atoms with van der Waals surface area (Å²) in [6.07, 6.45) is 2.43. The third-order valence-corrected chi connectivity index (χ3v) is 3.91. The van der Waals surface area contributed by atoms with Crippen molar-refractivity contribution in [2.75, 3.05) is 0 Å². The molecule has 0 saturated carbocycles. The van der Waals surface area contributed by atoms with Gasteiger partial charge in [0.25, 0.3) is 0 Å². The van der Waals surface area contributed by atoms with E-state index in [9.17, 15) is 0 Å². The van der Waals surface area contributed by atoms with Crippen LogP contribution in [0.4, 0.5) is 0 Å². The molecule has 0 heterocycles. The van der Waals surface area contributed by atoms with Crippen molar-refractivity contribution in [1.29, 1.82) is 0 Å². The highest BCUT2D eigenvalue weighted by atomic mass is 14.2. The zero-order valence-electron chi connectivity index (χ0n) is 11.3. The lowest BCUT2D eigenvalue weighted by atomic mass is 9.85. The van der Waals surface area contributed by atoms with Crippen LogP contribution in [0.15, 0.2) is 60.7 Å². The van der Waals surface area contributed by atoms with Crippen molar-refractivity contribution in [3.63, 3.8) is 0 Å². The Bertz CT molecular complexity index is 444. The molecule has 2 atom stereocenters. The molecule has 0 saturated heterocycles. The Kier molecular flexibility index (Phi) is 4.58. The Morgan fingerprint density at radius 1 is 0.778 bits per heavy atom. The third kappa shape index (κ3) is 3.46. The molecule has 2 aromatic rings. The van der Waals surface area contributed by atoms with E-state index in [4.69, 9.17) is 0 Å². The predicted octanol–water partition coefficient (Wildman–Crippen LogP) is 5.06. The van der Waals surface area contributed by atoms with Crippen LogP contribution in [0.25, 0.3) is 0 Å². The first-order valence-electron chi connectivity index (χ1n) is 6.86. The van der Waals surface area contributed by atoms with E-state index in [1.807, 2.05) is 0 Å². The topological polar surface area (TPSA) is 0 Å². The van der Waals surface area contributed by atoms with Crippen LogP contribution < -0.4 is 0 Å². The number of hydrogen-bond acceptors (Lipinski definition) is 0. The maximum absolute atomic E-state index is 2.36. The summed E-state index contributed by atoms with van der Waals surface area (Å²) in [6, 6.07) is 21.6. The Hall–Kier alpha value is -1.56. The van der Waals surface area contributed by atoms with E-state index in [1.165, 1.54) is 24.0 Å². The molecule has 2 unspecified atom stereocenters. The number of benzene rings is 2. The van der Waals surface area contributed by atoms with Gasteiger partial charge in [-0.1, -0.05) is 74.5 Å². The molecule has 0 radical (unpaired) electrons. The minimum absolute atomic E-state index is 0.634. The zero-order chi connectivity index (χ0) is 12.8. The summed E-state index contributed by atoms with van der Waals surface area (Å²) in [5.41, 5.74) is 2.91. The fourth-order valence-electron chi connectivity index (χ4n) is 2.37. The largest absolute Gasteiger partial charge is 0.0622 e. The van der Waals surface area contributed by atoms with Crippen molar-refractivity contribution in [3.8, 4) is 0 Å². The van der Waals surface area contributed by atoms with E-state index in [0.29, 0.717) is 11.8 Å². The highest BCUT2D eigenvalue weighted by molar-refractivity contribution is 5.20. The van der Waals surface area contributed by atoms with Crippen molar-refractivity contribution >= 4 is 0 Å². The van der Waals surface area contributed by atoms with Crippen molar-refractivity contribution in [3.05, 3.63) is 71.8 Å². The van der Waals surface area contributed by atoms with Gasteiger partial charge in [0, 0.05) is 0 Å². The molecule has 94 valence electrons. The van der Waals surface area contributed by atoms with Gasteiger partial charge < -0.3 is 0 Å². The lowest BCUT2D eigenvalue weighted by Crippen LogP contribution is -2.07. The smallest absolute Gasteiger partial charge is 0.0165 e. The van der Waals surface area contributed by atoms with Crippen molar-refractivity contribution in [2.24, 2.45) is 5.92 Å². The van der Waals surface area contributed by atoms with Crippen molar-refractivity contribution < 1.29 is 0 Å². The molecule has 18 heavy (non-hydrogen) atoms. The molecule has 0 spiro atoms. The highest BCUT2D eigenvalue weighted by Gasteiger charge is 2.13. The molecule has 0 aliphatic rings. The standard InChI is InChI=1S/C18H22/c1-15(13-14-17-9-5-3-6-10-17)16(2)18-11-7-4-8-12-18/h3-12,15-16H,13-14H2,1-2H3. The van der Waals surface area contributed by atoms with Gasteiger partial charge in [-0.05, 0) is 35.8 Å². The maximum atomic E-state index is 2.36. The average molecular weight is 238 g/mol. The normalized spacial score (nSPS) is 14.1. The van der Waals surface area contributed by atoms with Gasteiger partial charge in [0.15, 0.2) is 0 Å². The molecule has 0 amide bonds. The van der Waals surface area contributed by atoms with Crippen LogP contribution in [0.5, 0.6) is 0 Å². The first kappa shape index (κ1) is 12.9. The molecule has 0 bridgehead atoms. The Morgan fingerprint density at radius 2 is 1.33 bits per heavy atom. The van der Waals surface area contributed by atoms with Crippen LogP contribution in [-0.2, 0) is 6.42 Å². The lowest BCUT2D eigenvalue weighted by Gasteiger charge is -2.20. The summed E-state index contributed by atoms with van der Waals surface area (Å²) in [5, 5.41) is 0. The zero-order valence-corrected chi connectivity index (χ0v) is 11.3. The molecule has 0 heteroatoms. The first-order chi connectivity index (χ1) is 8.77. The van der Waals surface area contributed by atoms with Gasteiger partial charge in [-0.3, -0.25) is 0 Å². The average Bonchev–Trinajstić information content (AvgIpc) is 2.46. The summed E-state index contributed by atoms with van der Waals surface area (Å²) in [7, 11) is 0. The van der Waals surface area contributed by atoms with Gasteiger partial charge in [-0.25, -0.2) is 0 Å². The quantitative estimate of drug-likeness (QED) is 0.683. The molecule has 0 aliphatic heterocycles. The molecule has 2 rings (SSSR count). The molecular formula is C18H22. The van der Waals surface area contributed by atoms with Crippen LogP contribution in [-0.4, -0.2) is 0 Å². The van der Waals surface area contributed by atoms with Crippen LogP contribution in [0, 0.1) is 5.92 Å². The monoisotopic (exact) mass is 238 g/mol. The van der Waals surface area contributed by atoms with E-state index >= 15 is 0 Å². The minimum Gasteiger partial charge on any atom is -0.0622 e. The molecule has 2 aromatic carbocycles. The number of hydrogen-bond donors (Lipinski definition) is 0. The Labute approximate surface area is 111 Å². The minimum atomic E-state index is 0.634. The lowest BCUT2D eigenvalue weighted by molar-refractivity contribution is 0.453. The maximum Gasteiger partial charge on any atom is -0.0165 e. The SMILES string of the molecule is CC(CCc1ccccc1)C(C)c1ccccc1. The summed E-state index contributed by atoms with van der Waals surface area (Å²) in [6.45, 7) is 4.70. The van der Waals surface area contributed by atoms with E-state index < -0.39 is 0 Å². The molecule has 0 N–H and O–H groups in total. The first-order valence-corrected chi connectivity index (χ1v) is 6.86. The third-order valence-electron chi connectivity index (χ3n) is 3.91. The highest BCUT2D eigenvalue weighted by Crippen LogP contribution is 2.27. The molecule has 0 aliphatic carbocycles. The second kappa shape index (κ2) is 6.39. The molecule has 0 aromatic heterocycles. The van der Waals surface area contributed by atoms with Crippen LogP contribution >= 0.6 is 0 Å². The second-order valence-electron chi connectivity index (χ2n) is 5.20. The van der Waals surface area contributed by atoms with Gasteiger partial charge >= 0.3 is 0 Å². The van der Waals surface area contributed by atoms with Gasteiger partial charge in [0.05, 0.1) is 0 Å². The fraction of sp³-hybridized carbons (Fsp3) is 0.333. The van der Waals surface area contributed by atoms with Crippen LogP contribution in [0.1, 0.15) is 37.3 Å². The Balaban J connectivity index is 1.90. The molecular weight excluding hydrogens is 216 g/mol. The number of rotatable bonds is 5. The van der Waals surface area contributed by atoms with E-state index in [0.717, 1.165) is 0 Å². The van der Waals surface area contributed by atoms with E-state index in [1.54, 1.807) is 0 Å². The van der Waals surface area contributed by atoms with Gasteiger partial charge in [0.1, 0.15) is 0 Å².